The Labute approximate surface area is 174 Å². The van der Waals surface area contributed by atoms with Crippen LogP contribution >= 0.6 is 11.6 Å². The number of rotatable bonds is 5. The first-order valence-electron chi connectivity index (χ1n) is 8.92. The molecule has 2 heterocycles. The number of benzene rings is 1. The molecule has 0 aliphatic heterocycles. The Morgan fingerprint density at radius 2 is 1.87 bits per heavy atom. The molecular formula is C19H17ClF3N5O2. The van der Waals surface area contributed by atoms with E-state index in [0.29, 0.717) is 18.6 Å². The number of carbonyl (C=O) groups excluding carboxylic acids is 2. The molecule has 0 bridgehead atoms. The molecule has 0 spiro atoms. The van der Waals surface area contributed by atoms with E-state index in [1.54, 1.807) is 0 Å². The van der Waals surface area contributed by atoms with Crippen molar-refractivity contribution in [3.05, 3.63) is 52.9 Å². The predicted molar refractivity (Wildman–Crippen MR) is 106 cm³/mol. The first kappa shape index (κ1) is 21.6. The van der Waals surface area contributed by atoms with E-state index in [1.807, 2.05) is 6.92 Å². The zero-order chi connectivity index (χ0) is 22.1. The molecule has 0 aliphatic carbocycles. The number of pyridine rings is 1. The summed E-state index contributed by atoms with van der Waals surface area (Å²) in [6.07, 6.45) is -1.14. The molecule has 0 aliphatic rings. The second-order valence-electron chi connectivity index (χ2n) is 6.42. The SMILES string of the molecule is CCCN(C(C)=O)n1cnc2c(Cl)c(C(=O)Nc3ccc(C(F)(F)F)cc3)cnc21. The van der Waals surface area contributed by atoms with Crippen LogP contribution in [-0.4, -0.2) is 33.0 Å². The smallest absolute Gasteiger partial charge is 0.322 e. The highest BCUT2D eigenvalue weighted by Crippen LogP contribution is 2.30. The average molecular weight is 440 g/mol. The number of alkyl halides is 3. The highest BCUT2D eigenvalue weighted by molar-refractivity contribution is 6.38. The predicted octanol–water partition coefficient (Wildman–Crippen LogP) is 4.25. The van der Waals surface area contributed by atoms with Gasteiger partial charge < -0.3 is 5.32 Å². The zero-order valence-electron chi connectivity index (χ0n) is 16.0. The van der Waals surface area contributed by atoms with Gasteiger partial charge in [0, 0.05) is 25.4 Å². The van der Waals surface area contributed by atoms with Gasteiger partial charge in [0.15, 0.2) is 5.65 Å². The molecule has 0 radical (unpaired) electrons. The number of carbonyl (C=O) groups is 2. The average Bonchev–Trinajstić information content (AvgIpc) is 3.10. The molecule has 158 valence electrons. The Hall–Kier alpha value is -3.14. The number of imidazole rings is 1. The van der Waals surface area contributed by atoms with Crippen LogP contribution in [0.4, 0.5) is 18.9 Å². The summed E-state index contributed by atoms with van der Waals surface area (Å²) < 4.78 is 39.4. The Kier molecular flexibility index (Phi) is 5.97. The van der Waals surface area contributed by atoms with E-state index in [-0.39, 0.29) is 27.7 Å². The fourth-order valence-corrected chi connectivity index (χ4v) is 3.09. The van der Waals surface area contributed by atoms with Gasteiger partial charge in [0.1, 0.15) is 11.8 Å². The molecule has 2 aromatic heterocycles. The summed E-state index contributed by atoms with van der Waals surface area (Å²) in [5, 5.41) is 3.94. The Bertz CT molecular complexity index is 1100. The maximum Gasteiger partial charge on any atom is 0.416 e. The minimum atomic E-state index is -4.47. The summed E-state index contributed by atoms with van der Waals surface area (Å²) in [4.78, 5) is 32.8. The number of hydrogen-bond acceptors (Lipinski definition) is 4. The quantitative estimate of drug-likeness (QED) is 0.644. The molecule has 11 heteroatoms. The number of hydrogen-bond donors (Lipinski definition) is 1. The number of aromatic nitrogens is 3. The first-order valence-corrected chi connectivity index (χ1v) is 9.29. The Balaban J connectivity index is 1.89. The summed E-state index contributed by atoms with van der Waals surface area (Å²) in [7, 11) is 0. The molecule has 0 fully saturated rings. The van der Waals surface area contributed by atoms with Gasteiger partial charge >= 0.3 is 6.18 Å². The number of nitrogens with zero attached hydrogens (tertiary/aromatic N) is 4. The maximum absolute atomic E-state index is 12.7. The fourth-order valence-electron chi connectivity index (χ4n) is 2.82. The minimum Gasteiger partial charge on any atom is -0.322 e. The summed E-state index contributed by atoms with van der Waals surface area (Å²) in [6.45, 7) is 3.77. The topological polar surface area (TPSA) is 80.1 Å². The molecule has 1 N–H and O–H groups in total. The van der Waals surface area contributed by atoms with Crippen LogP contribution < -0.4 is 10.3 Å². The van der Waals surface area contributed by atoms with Crippen molar-refractivity contribution in [3.63, 3.8) is 0 Å². The molecule has 1 aromatic carbocycles. The molecule has 3 aromatic rings. The molecule has 0 saturated heterocycles. The summed E-state index contributed by atoms with van der Waals surface area (Å²) in [5.41, 5.74) is -0.136. The van der Waals surface area contributed by atoms with Crippen LogP contribution in [0.5, 0.6) is 0 Å². The Morgan fingerprint density at radius 3 is 2.43 bits per heavy atom. The van der Waals surface area contributed by atoms with Crippen LogP contribution in [0.3, 0.4) is 0 Å². The lowest BCUT2D eigenvalue weighted by atomic mass is 10.2. The van der Waals surface area contributed by atoms with Gasteiger partial charge in [-0.15, -0.1) is 0 Å². The zero-order valence-corrected chi connectivity index (χ0v) is 16.8. The van der Waals surface area contributed by atoms with Crippen molar-refractivity contribution in [2.75, 3.05) is 16.9 Å². The van der Waals surface area contributed by atoms with Crippen molar-refractivity contribution in [2.24, 2.45) is 0 Å². The van der Waals surface area contributed by atoms with E-state index in [0.717, 1.165) is 24.3 Å². The standard InChI is InChI=1S/C19H17ClF3N5O2/c1-3-8-27(11(2)29)28-10-25-16-15(20)14(9-24-17(16)28)18(30)26-13-6-4-12(5-7-13)19(21,22)23/h4-7,9-10H,3,8H2,1-2H3,(H,26,30). The van der Waals surface area contributed by atoms with Crippen LogP contribution in [0, 0.1) is 0 Å². The lowest BCUT2D eigenvalue weighted by Crippen LogP contribution is -2.39. The van der Waals surface area contributed by atoms with Gasteiger partial charge in [0.25, 0.3) is 5.91 Å². The molecule has 30 heavy (non-hydrogen) atoms. The van der Waals surface area contributed by atoms with Crippen LogP contribution in [0.2, 0.25) is 5.02 Å². The van der Waals surface area contributed by atoms with Crippen LogP contribution in [0.25, 0.3) is 11.2 Å². The summed E-state index contributed by atoms with van der Waals surface area (Å²) in [5.74, 6) is -0.862. The third-order valence-electron chi connectivity index (χ3n) is 4.26. The highest BCUT2D eigenvalue weighted by atomic mass is 35.5. The largest absolute Gasteiger partial charge is 0.416 e. The summed E-state index contributed by atoms with van der Waals surface area (Å²) >= 11 is 6.33. The number of anilines is 1. The van der Waals surface area contributed by atoms with Crippen molar-refractivity contribution in [1.82, 2.24) is 14.6 Å². The van der Waals surface area contributed by atoms with Gasteiger partial charge in [-0.1, -0.05) is 18.5 Å². The van der Waals surface area contributed by atoms with E-state index in [9.17, 15) is 22.8 Å². The lowest BCUT2D eigenvalue weighted by molar-refractivity contribution is -0.137. The van der Waals surface area contributed by atoms with E-state index < -0.39 is 17.6 Å². The van der Waals surface area contributed by atoms with Crippen LogP contribution in [0.15, 0.2) is 36.8 Å². The van der Waals surface area contributed by atoms with Crippen molar-refractivity contribution >= 4 is 40.3 Å². The van der Waals surface area contributed by atoms with Crippen molar-refractivity contribution in [3.8, 4) is 0 Å². The van der Waals surface area contributed by atoms with E-state index in [1.165, 1.54) is 29.1 Å². The van der Waals surface area contributed by atoms with Crippen molar-refractivity contribution in [2.45, 2.75) is 26.4 Å². The van der Waals surface area contributed by atoms with E-state index in [2.05, 4.69) is 15.3 Å². The van der Waals surface area contributed by atoms with Crippen molar-refractivity contribution < 1.29 is 22.8 Å². The molecule has 7 nitrogen and oxygen atoms in total. The number of amides is 2. The second kappa shape index (κ2) is 8.31. The Morgan fingerprint density at radius 1 is 1.20 bits per heavy atom. The minimum absolute atomic E-state index is 0.000758. The normalized spacial score (nSPS) is 11.5. The van der Waals surface area contributed by atoms with Gasteiger partial charge in [-0.25, -0.2) is 19.7 Å². The molecular weight excluding hydrogens is 423 g/mol. The first-order chi connectivity index (χ1) is 14.1. The lowest BCUT2D eigenvalue weighted by Gasteiger charge is -2.21. The fraction of sp³-hybridized carbons (Fsp3) is 0.263. The monoisotopic (exact) mass is 439 g/mol. The molecule has 0 unspecified atom stereocenters. The maximum atomic E-state index is 12.7. The molecule has 3 rings (SSSR count). The third-order valence-corrected chi connectivity index (χ3v) is 4.64. The summed E-state index contributed by atoms with van der Waals surface area (Å²) in [6, 6.07) is 4.02. The molecule has 0 atom stereocenters. The van der Waals surface area contributed by atoms with E-state index >= 15 is 0 Å². The number of fused-ring (bicyclic) bond motifs is 1. The van der Waals surface area contributed by atoms with E-state index in [4.69, 9.17) is 11.6 Å². The van der Waals surface area contributed by atoms with Crippen LogP contribution in [-0.2, 0) is 11.0 Å². The highest BCUT2D eigenvalue weighted by Gasteiger charge is 2.30. The number of nitrogens with one attached hydrogen (secondary N) is 1. The second-order valence-corrected chi connectivity index (χ2v) is 6.80. The van der Waals surface area contributed by atoms with Gasteiger partial charge in [-0.3, -0.25) is 9.59 Å². The van der Waals surface area contributed by atoms with Gasteiger partial charge in [-0.05, 0) is 30.7 Å². The van der Waals surface area contributed by atoms with Gasteiger partial charge in [-0.2, -0.15) is 13.2 Å². The van der Waals surface area contributed by atoms with Crippen molar-refractivity contribution in [1.29, 1.82) is 0 Å². The number of halogens is 4. The van der Waals surface area contributed by atoms with Crippen LogP contribution in [0.1, 0.15) is 36.2 Å². The molecule has 2 amide bonds. The van der Waals surface area contributed by atoms with Gasteiger partial charge in [0.05, 0.1) is 16.1 Å². The third kappa shape index (κ3) is 4.23. The van der Waals surface area contributed by atoms with Gasteiger partial charge in [0.2, 0.25) is 5.91 Å². The molecule has 0 saturated carbocycles.